The number of rotatable bonds is 4. The molecule has 1 amide bonds. The van der Waals surface area contributed by atoms with Crippen molar-refractivity contribution in [2.75, 3.05) is 25.0 Å². The number of carbonyl (C=O) groups excluding carboxylic acids is 1. The first-order valence-electron chi connectivity index (χ1n) is 7.29. The molecule has 4 nitrogen and oxygen atoms in total. The third kappa shape index (κ3) is 3.31. The molecule has 0 radical (unpaired) electrons. The lowest BCUT2D eigenvalue weighted by Crippen LogP contribution is -2.34. The summed E-state index contributed by atoms with van der Waals surface area (Å²) < 4.78 is 0. The molecule has 1 heterocycles. The van der Waals surface area contributed by atoms with Crippen molar-refractivity contribution in [1.82, 2.24) is 4.90 Å². The topological polar surface area (TPSA) is 52.6 Å². The largest absolute Gasteiger partial charge is 0.388 e. The first-order chi connectivity index (χ1) is 9.43. The number of aryl methyl sites for hydroxylation is 1. The zero-order chi connectivity index (χ0) is 14.8. The Balaban J connectivity index is 2.22. The monoisotopic (exact) mass is 276 g/mol. The predicted octanol–water partition coefficient (Wildman–Crippen LogP) is 2.41. The smallest absolute Gasteiger partial charge is 0.256 e. The molecule has 1 atom stereocenters. The van der Waals surface area contributed by atoms with Crippen LogP contribution in [0.3, 0.4) is 0 Å². The number of anilines is 1. The van der Waals surface area contributed by atoms with E-state index in [9.17, 15) is 9.90 Å². The molecule has 0 saturated carbocycles. The van der Waals surface area contributed by atoms with Crippen molar-refractivity contribution in [3.8, 4) is 0 Å². The predicted molar refractivity (Wildman–Crippen MR) is 81.1 cm³/mol. The molecule has 1 aliphatic heterocycles. The van der Waals surface area contributed by atoms with Crippen LogP contribution in [0.1, 0.15) is 42.6 Å². The molecule has 2 rings (SSSR count). The highest BCUT2D eigenvalue weighted by Crippen LogP contribution is 2.25. The highest BCUT2D eigenvalue weighted by molar-refractivity contribution is 6.00. The molecule has 1 aromatic carbocycles. The van der Waals surface area contributed by atoms with Crippen molar-refractivity contribution in [2.24, 2.45) is 0 Å². The lowest BCUT2D eigenvalue weighted by Gasteiger charge is -2.21. The van der Waals surface area contributed by atoms with Crippen LogP contribution in [0.15, 0.2) is 18.2 Å². The SMILES string of the molecule is CCCNc1ccc(C)cc1C(=O)N1CCC(C)(O)C1. The molecule has 4 heteroatoms. The number of β-amino-alcohol motifs (C(OH)–C–C–N with tert-alkyl or cyclic N) is 1. The third-order valence-electron chi connectivity index (χ3n) is 3.71. The van der Waals surface area contributed by atoms with Gasteiger partial charge in [0.15, 0.2) is 0 Å². The van der Waals surface area contributed by atoms with E-state index in [1.54, 1.807) is 11.8 Å². The number of amides is 1. The van der Waals surface area contributed by atoms with E-state index in [-0.39, 0.29) is 5.91 Å². The van der Waals surface area contributed by atoms with Gasteiger partial charge in [-0.15, -0.1) is 0 Å². The summed E-state index contributed by atoms with van der Waals surface area (Å²) in [5.74, 6) is 0.00470. The fraction of sp³-hybridized carbons (Fsp3) is 0.562. The first kappa shape index (κ1) is 14.9. The molecular weight excluding hydrogens is 252 g/mol. The van der Waals surface area contributed by atoms with Crippen LogP contribution >= 0.6 is 0 Å². The van der Waals surface area contributed by atoms with Crippen LogP contribution in [0.4, 0.5) is 5.69 Å². The van der Waals surface area contributed by atoms with Gasteiger partial charge in [-0.2, -0.15) is 0 Å². The molecule has 1 aromatic rings. The lowest BCUT2D eigenvalue weighted by molar-refractivity contribution is 0.0572. The molecular formula is C16H24N2O2. The number of hydrogen-bond acceptors (Lipinski definition) is 3. The van der Waals surface area contributed by atoms with Gasteiger partial charge in [-0.3, -0.25) is 4.79 Å². The lowest BCUT2D eigenvalue weighted by atomic mass is 10.1. The summed E-state index contributed by atoms with van der Waals surface area (Å²) in [5.41, 5.74) is 1.91. The molecule has 0 aliphatic carbocycles. The summed E-state index contributed by atoms with van der Waals surface area (Å²) in [6.07, 6.45) is 1.65. The Morgan fingerprint density at radius 3 is 2.85 bits per heavy atom. The summed E-state index contributed by atoms with van der Waals surface area (Å²) in [6, 6.07) is 5.90. The molecule has 1 aliphatic rings. The fourth-order valence-electron chi connectivity index (χ4n) is 2.54. The highest BCUT2D eigenvalue weighted by atomic mass is 16.3. The minimum atomic E-state index is -0.753. The molecule has 1 saturated heterocycles. The number of nitrogens with zero attached hydrogens (tertiary/aromatic N) is 1. The van der Waals surface area contributed by atoms with Gasteiger partial charge in [0.1, 0.15) is 0 Å². The van der Waals surface area contributed by atoms with Crippen molar-refractivity contribution in [3.63, 3.8) is 0 Å². The average Bonchev–Trinajstić information content (AvgIpc) is 2.77. The second-order valence-corrected chi connectivity index (χ2v) is 5.95. The maximum atomic E-state index is 12.6. The molecule has 2 N–H and O–H groups in total. The minimum Gasteiger partial charge on any atom is -0.388 e. The van der Waals surface area contributed by atoms with E-state index in [0.29, 0.717) is 25.1 Å². The van der Waals surface area contributed by atoms with Crippen LogP contribution in [0.5, 0.6) is 0 Å². The van der Waals surface area contributed by atoms with E-state index in [1.807, 2.05) is 25.1 Å². The first-order valence-corrected chi connectivity index (χ1v) is 7.29. The van der Waals surface area contributed by atoms with E-state index < -0.39 is 5.60 Å². The fourth-order valence-corrected chi connectivity index (χ4v) is 2.54. The number of benzene rings is 1. The molecule has 0 bridgehead atoms. The number of hydrogen-bond donors (Lipinski definition) is 2. The zero-order valence-corrected chi connectivity index (χ0v) is 12.6. The van der Waals surface area contributed by atoms with E-state index in [0.717, 1.165) is 24.2 Å². The quantitative estimate of drug-likeness (QED) is 0.888. The number of likely N-dealkylation sites (tertiary alicyclic amines) is 1. The molecule has 0 spiro atoms. The Bertz CT molecular complexity index is 497. The van der Waals surface area contributed by atoms with Crippen molar-refractivity contribution >= 4 is 11.6 Å². The third-order valence-corrected chi connectivity index (χ3v) is 3.71. The van der Waals surface area contributed by atoms with Crippen LogP contribution < -0.4 is 5.32 Å². The Labute approximate surface area is 120 Å². The van der Waals surface area contributed by atoms with Gasteiger partial charge in [0.2, 0.25) is 0 Å². The Hall–Kier alpha value is -1.55. The van der Waals surface area contributed by atoms with Gasteiger partial charge >= 0.3 is 0 Å². The standard InChI is InChI=1S/C16H24N2O2/c1-4-8-17-14-6-5-12(2)10-13(14)15(19)18-9-7-16(3,20)11-18/h5-6,10,17,20H,4,7-9,11H2,1-3H3. The molecule has 110 valence electrons. The van der Waals surface area contributed by atoms with E-state index in [1.165, 1.54) is 0 Å². The second kappa shape index (κ2) is 5.83. The van der Waals surface area contributed by atoms with Crippen molar-refractivity contribution in [1.29, 1.82) is 0 Å². The zero-order valence-electron chi connectivity index (χ0n) is 12.6. The van der Waals surface area contributed by atoms with Gasteiger partial charge < -0.3 is 15.3 Å². The summed E-state index contributed by atoms with van der Waals surface area (Å²) in [5, 5.41) is 13.3. The second-order valence-electron chi connectivity index (χ2n) is 5.95. The normalized spacial score (nSPS) is 22.1. The summed E-state index contributed by atoms with van der Waals surface area (Å²) in [7, 11) is 0. The van der Waals surface area contributed by atoms with Gasteiger partial charge in [0, 0.05) is 25.3 Å². The van der Waals surface area contributed by atoms with Crippen LogP contribution in [0, 0.1) is 6.92 Å². The Morgan fingerprint density at radius 1 is 1.50 bits per heavy atom. The Morgan fingerprint density at radius 2 is 2.25 bits per heavy atom. The van der Waals surface area contributed by atoms with Gasteiger partial charge in [-0.05, 0) is 38.8 Å². The van der Waals surface area contributed by atoms with Crippen molar-refractivity contribution < 1.29 is 9.90 Å². The molecule has 1 fully saturated rings. The van der Waals surface area contributed by atoms with Gasteiger partial charge in [0.05, 0.1) is 11.2 Å². The number of nitrogens with one attached hydrogen (secondary N) is 1. The van der Waals surface area contributed by atoms with Gasteiger partial charge in [0.25, 0.3) is 5.91 Å². The number of aliphatic hydroxyl groups is 1. The maximum Gasteiger partial charge on any atom is 0.256 e. The number of carbonyl (C=O) groups is 1. The molecule has 1 unspecified atom stereocenters. The van der Waals surface area contributed by atoms with Gasteiger partial charge in [-0.25, -0.2) is 0 Å². The van der Waals surface area contributed by atoms with Crippen LogP contribution in [0.2, 0.25) is 0 Å². The maximum absolute atomic E-state index is 12.6. The molecule has 20 heavy (non-hydrogen) atoms. The van der Waals surface area contributed by atoms with Crippen LogP contribution in [-0.2, 0) is 0 Å². The highest BCUT2D eigenvalue weighted by Gasteiger charge is 2.34. The summed E-state index contributed by atoms with van der Waals surface area (Å²) >= 11 is 0. The van der Waals surface area contributed by atoms with Crippen LogP contribution in [-0.4, -0.2) is 41.1 Å². The summed E-state index contributed by atoms with van der Waals surface area (Å²) in [4.78, 5) is 14.4. The summed E-state index contributed by atoms with van der Waals surface area (Å²) in [6.45, 7) is 7.74. The van der Waals surface area contributed by atoms with Crippen LogP contribution in [0.25, 0.3) is 0 Å². The van der Waals surface area contributed by atoms with E-state index in [4.69, 9.17) is 0 Å². The molecule has 0 aromatic heterocycles. The van der Waals surface area contributed by atoms with Gasteiger partial charge in [-0.1, -0.05) is 18.6 Å². The Kier molecular flexibility index (Phi) is 4.33. The average molecular weight is 276 g/mol. The van der Waals surface area contributed by atoms with Crippen molar-refractivity contribution in [3.05, 3.63) is 29.3 Å². The minimum absolute atomic E-state index is 0.00470. The van der Waals surface area contributed by atoms with E-state index >= 15 is 0 Å². The van der Waals surface area contributed by atoms with Crippen molar-refractivity contribution in [2.45, 2.75) is 39.2 Å². The van der Waals surface area contributed by atoms with E-state index in [2.05, 4.69) is 12.2 Å².